The number of nitrogens with zero attached hydrogens (tertiary/aromatic N) is 5. The Morgan fingerprint density at radius 1 is 1.16 bits per heavy atom. The molecule has 1 aliphatic heterocycles. The number of anilines is 3. The van der Waals surface area contributed by atoms with Gasteiger partial charge in [0.15, 0.2) is 0 Å². The topological polar surface area (TPSA) is 114 Å². The molecule has 9 nitrogen and oxygen atoms in total. The molecule has 37 heavy (non-hydrogen) atoms. The molecule has 0 aliphatic carbocycles. The Balaban J connectivity index is 1.47. The van der Waals surface area contributed by atoms with Gasteiger partial charge in [0.05, 0.1) is 53.3 Å². The molecule has 0 saturated carbocycles. The molecule has 1 saturated heterocycles. The molecule has 3 aromatic heterocycles. The van der Waals surface area contributed by atoms with Gasteiger partial charge in [0.25, 0.3) is 0 Å². The number of aromatic nitrogens is 4. The number of hydrogen-bond acceptors (Lipinski definition) is 8. The molecule has 3 atom stereocenters. The maximum Gasteiger partial charge on any atom is 0.229 e. The number of piperidine rings is 1. The van der Waals surface area contributed by atoms with Gasteiger partial charge in [0, 0.05) is 37.9 Å². The number of ether oxygens (including phenoxy) is 1. The number of benzene rings is 1. The standard InChI is InChI=1S/C26H29F2N7O2/c1-3-37-14-16-8-18(27)24(19(28)9-16)21-5-4-17-10-31-26(35(17)33-21)32-22-11-30-7-6-23(22)34-12-15(2)25(36)20(29)13-34/h4-11,15,20,25,36H,3,12-14,29H2,1-2H3,(H,31,32). The molecule has 0 spiro atoms. The van der Waals surface area contributed by atoms with Crippen LogP contribution in [0, 0.1) is 17.6 Å². The van der Waals surface area contributed by atoms with E-state index in [2.05, 4.69) is 25.3 Å². The Bertz CT molecular complexity index is 1380. The van der Waals surface area contributed by atoms with Crippen LogP contribution in [0.3, 0.4) is 0 Å². The molecule has 194 valence electrons. The van der Waals surface area contributed by atoms with E-state index in [1.807, 2.05) is 19.9 Å². The maximum absolute atomic E-state index is 14.9. The summed E-state index contributed by atoms with van der Waals surface area (Å²) in [5.74, 6) is -1.09. The summed E-state index contributed by atoms with van der Waals surface area (Å²) in [4.78, 5) is 10.7. The Morgan fingerprint density at radius 3 is 2.68 bits per heavy atom. The van der Waals surface area contributed by atoms with Crippen LogP contribution in [0.4, 0.5) is 26.1 Å². The van der Waals surface area contributed by atoms with Gasteiger partial charge in [-0.05, 0) is 42.8 Å². The number of imidazole rings is 1. The third-order valence-electron chi connectivity index (χ3n) is 6.56. The van der Waals surface area contributed by atoms with Crippen molar-refractivity contribution in [2.75, 3.05) is 29.9 Å². The number of aliphatic hydroxyl groups is 1. The predicted molar refractivity (Wildman–Crippen MR) is 137 cm³/mol. The van der Waals surface area contributed by atoms with Crippen molar-refractivity contribution in [3.8, 4) is 11.3 Å². The lowest BCUT2D eigenvalue weighted by Crippen LogP contribution is -2.55. The zero-order valence-electron chi connectivity index (χ0n) is 20.6. The molecule has 5 rings (SSSR count). The molecule has 1 aliphatic rings. The Morgan fingerprint density at radius 2 is 1.95 bits per heavy atom. The molecule has 0 bridgehead atoms. The fraction of sp³-hybridized carbons (Fsp3) is 0.346. The van der Waals surface area contributed by atoms with Crippen LogP contribution in [0.25, 0.3) is 16.8 Å². The molecule has 11 heteroatoms. The number of halogens is 2. The number of pyridine rings is 1. The van der Waals surface area contributed by atoms with Crippen LogP contribution in [0.2, 0.25) is 0 Å². The number of nitrogens with one attached hydrogen (secondary N) is 1. The molecule has 4 N–H and O–H groups in total. The fourth-order valence-corrected chi connectivity index (χ4v) is 4.67. The van der Waals surface area contributed by atoms with Gasteiger partial charge in [-0.25, -0.2) is 13.8 Å². The number of nitrogens with two attached hydrogens (primary N) is 1. The van der Waals surface area contributed by atoms with Crippen LogP contribution in [-0.4, -0.2) is 56.5 Å². The Hall–Kier alpha value is -3.67. The van der Waals surface area contributed by atoms with Gasteiger partial charge in [-0.15, -0.1) is 0 Å². The summed E-state index contributed by atoms with van der Waals surface area (Å²) < 4.78 is 36.6. The summed E-state index contributed by atoms with van der Waals surface area (Å²) in [6.45, 7) is 5.45. The predicted octanol–water partition coefficient (Wildman–Crippen LogP) is 3.49. The average molecular weight is 510 g/mol. The van der Waals surface area contributed by atoms with Crippen LogP contribution >= 0.6 is 0 Å². The van der Waals surface area contributed by atoms with Crippen LogP contribution in [0.1, 0.15) is 19.4 Å². The monoisotopic (exact) mass is 509 g/mol. The highest BCUT2D eigenvalue weighted by Gasteiger charge is 2.32. The number of rotatable bonds is 7. The molecular weight excluding hydrogens is 480 g/mol. The van der Waals surface area contributed by atoms with Crippen molar-refractivity contribution in [3.05, 3.63) is 66.1 Å². The zero-order chi connectivity index (χ0) is 26.1. The third kappa shape index (κ3) is 4.97. The molecule has 1 fully saturated rings. The minimum Gasteiger partial charge on any atom is -0.391 e. The van der Waals surface area contributed by atoms with Crippen molar-refractivity contribution >= 4 is 22.8 Å². The zero-order valence-corrected chi connectivity index (χ0v) is 20.6. The minimum absolute atomic E-state index is 0.00837. The van der Waals surface area contributed by atoms with Crippen LogP contribution < -0.4 is 16.0 Å². The average Bonchev–Trinajstić information content (AvgIpc) is 3.27. The van der Waals surface area contributed by atoms with Gasteiger partial charge in [0.1, 0.15) is 11.6 Å². The van der Waals surface area contributed by atoms with Crippen molar-refractivity contribution in [1.82, 2.24) is 19.6 Å². The van der Waals surface area contributed by atoms with Gasteiger partial charge < -0.3 is 25.8 Å². The summed E-state index contributed by atoms with van der Waals surface area (Å²) in [5, 5.41) is 18.0. The summed E-state index contributed by atoms with van der Waals surface area (Å²) in [5.41, 5.74) is 8.63. The van der Waals surface area contributed by atoms with Gasteiger partial charge in [-0.3, -0.25) is 4.98 Å². The van der Waals surface area contributed by atoms with Gasteiger partial charge >= 0.3 is 0 Å². The first-order chi connectivity index (χ1) is 17.9. The van der Waals surface area contributed by atoms with E-state index in [9.17, 15) is 13.9 Å². The van der Waals surface area contributed by atoms with E-state index in [0.29, 0.717) is 42.4 Å². The van der Waals surface area contributed by atoms with E-state index in [1.165, 1.54) is 16.6 Å². The van der Waals surface area contributed by atoms with E-state index < -0.39 is 17.7 Å². The first kappa shape index (κ1) is 25.0. The quantitative estimate of drug-likeness (QED) is 0.347. The normalized spacial score (nSPS) is 19.9. The highest BCUT2D eigenvalue weighted by Crippen LogP contribution is 2.32. The second-order valence-corrected chi connectivity index (χ2v) is 9.26. The maximum atomic E-state index is 14.9. The van der Waals surface area contributed by atoms with Gasteiger partial charge in [0.2, 0.25) is 5.95 Å². The van der Waals surface area contributed by atoms with E-state index in [-0.39, 0.29) is 29.8 Å². The molecule has 1 aromatic carbocycles. The molecule has 0 amide bonds. The molecule has 4 aromatic rings. The lowest BCUT2D eigenvalue weighted by Gasteiger charge is -2.40. The SMILES string of the molecule is CCOCc1cc(F)c(-c2ccc3cnc(Nc4cnccc4N4CC(C)C(O)C(N)C4)n3n2)c(F)c1. The highest BCUT2D eigenvalue weighted by molar-refractivity contribution is 5.74. The third-order valence-corrected chi connectivity index (χ3v) is 6.56. The summed E-state index contributed by atoms with van der Waals surface area (Å²) in [7, 11) is 0. The second-order valence-electron chi connectivity index (χ2n) is 9.26. The van der Waals surface area contributed by atoms with Crippen molar-refractivity contribution in [2.45, 2.75) is 32.6 Å². The van der Waals surface area contributed by atoms with Crippen LogP contribution in [0.15, 0.2) is 48.9 Å². The van der Waals surface area contributed by atoms with Crippen LogP contribution in [0.5, 0.6) is 0 Å². The number of hydrogen-bond donors (Lipinski definition) is 3. The van der Waals surface area contributed by atoms with E-state index >= 15 is 0 Å². The lowest BCUT2D eigenvalue weighted by atomic mass is 9.92. The first-order valence-corrected chi connectivity index (χ1v) is 12.2. The molecule has 4 heterocycles. The van der Waals surface area contributed by atoms with E-state index in [0.717, 1.165) is 5.69 Å². The van der Waals surface area contributed by atoms with E-state index in [1.54, 1.807) is 30.7 Å². The minimum atomic E-state index is -0.719. The highest BCUT2D eigenvalue weighted by atomic mass is 19.1. The fourth-order valence-electron chi connectivity index (χ4n) is 4.67. The van der Waals surface area contributed by atoms with Crippen LogP contribution in [-0.2, 0) is 11.3 Å². The van der Waals surface area contributed by atoms with Crippen molar-refractivity contribution in [2.24, 2.45) is 11.7 Å². The molecular formula is C26H29F2N7O2. The smallest absolute Gasteiger partial charge is 0.229 e. The number of aliphatic hydroxyl groups excluding tert-OH is 1. The largest absolute Gasteiger partial charge is 0.391 e. The Labute approximate surface area is 212 Å². The van der Waals surface area contributed by atoms with Crippen molar-refractivity contribution in [3.63, 3.8) is 0 Å². The van der Waals surface area contributed by atoms with Gasteiger partial charge in [-0.1, -0.05) is 6.92 Å². The molecule has 0 radical (unpaired) electrons. The lowest BCUT2D eigenvalue weighted by molar-refractivity contribution is 0.0785. The number of fused-ring (bicyclic) bond motifs is 1. The van der Waals surface area contributed by atoms with Crippen molar-refractivity contribution in [1.29, 1.82) is 0 Å². The summed E-state index contributed by atoms with van der Waals surface area (Å²) in [6, 6.07) is 7.26. The summed E-state index contributed by atoms with van der Waals surface area (Å²) in [6.07, 6.45) is 4.39. The van der Waals surface area contributed by atoms with Gasteiger partial charge in [-0.2, -0.15) is 9.61 Å². The second kappa shape index (κ2) is 10.4. The van der Waals surface area contributed by atoms with E-state index in [4.69, 9.17) is 10.5 Å². The Kier molecular flexibility index (Phi) is 7.00. The first-order valence-electron chi connectivity index (χ1n) is 12.2. The van der Waals surface area contributed by atoms with Crippen molar-refractivity contribution < 1.29 is 18.6 Å². The molecule has 3 unspecified atom stereocenters. The summed E-state index contributed by atoms with van der Waals surface area (Å²) >= 11 is 0.